The summed E-state index contributed by atoms with van der Waals surface area (Å²) in [7, 11) is 0. The van der Waals surface area contributed by atoms with Gasteiger partial charge in [0.05, 0.1) is 5.56 Å². The van der Waals surface area contributed by atoms with E-state index < -0.39 is 11.7 Å². The standard InChI is InChI=1S/C18H18F3N3O4/c1-11(25)22-13-5-6-24(8-13)17(26)15-9-28-16(23-15)10-27-14-4-2-3-12(7-14)18(19,20)21/h2-4,7,9,13H,5-6,8,10H2,1H3,(H,22,25)/t13-/m0/s1. The fraction of sp³-hybridized carbons (Fsp3) is 0.389. The highest BCUT2D eigenvalue weighted by atomic mass is 19.4. The summed E-state index contributed by atoms with van der Waals surface area (Å²) in [6, 6.07) is 4.34. The predicted molar refractivity (Wildman–Crippen MR) is 90.4 cm³/mol. The van der Waals surface area contributed by atoms with Gasteiger partial charge in [0.2, 0.25) is 11.8 Å². The summed E-state index contributed by atoms with van der Waals surface area (Å²) in [6.45, 7) is 2.05. The molecule has 28 heavy (non-hydrogen) atoms. The molecule has 2 heterocycles. The van der Waals surface area contributed by atoms with E-state index in [-0.39, 0.29) is 41.8 Å². The minimum Gasteiger partial charge on any atom is -0.484 e. The van der Waals surface area contributed by atoms with Crippen LogP contribution in [0.5, 0.6) is 5.75 Å². The Morgan fingerprint density at radius 2 is 2.18 bits per heavy atom. The van der Waals surface area contributed by atoms with E-state index in [9.17, 15) is 22.8 Å². The molecule has 0 bridgehead atoms. The largest absolute Gasteiger partial charge is 0.484 e. The summed E-state index contributed by atoms with van der Waals surface area (Å²) in [5.41, 5.74) is -0.748. The van der Waals surface area contributed by atoms with Crippen LogP contribution >= 0.6 is 0 Å². The molecule has 1 atom stereocenters. The van der Waals surface area contributed by atoms with E-state index in [0.717, 1.165) is 12.1 Å². The van der Waals surface area contributed by atoms with Gasteiger partial charge in [-0.05, 0) is 24.6 Å². The van der Waals surface area contributed by atoms with E-state index in [4.69, 9.17) is 9.15 Å². The van der Waals surface area contributed by atoms with Crippen LogP contribution in [0.25, 0.3) is 0 Å². The maximum absolute atomic E-state index is 12.7. The van der Waals surface area contributed by atoms with Crippen LogP contribution in [0.1, 0.15) is 35.3 Å². The van der Waals surface area contributed by atoms with Crippen LogP contribution in [-0.4, -0.2) is 40.8 Å². The van der Waals surface area contributed by atoms with E-state index in [1.54, 1.807) is 4.90 Å². The lowest BCUT2D eigenvalue weighted by atomic mass is 10.2. The second-order valence-electron chi connectivity index (χ2n) is 6.38. The van der Waals surface area contributed by atoms with E-state index in [1.807, 2.05) is 0 Å². The molecule has 1 aliphatic heterocycles. The number of benzene rings is 1. The zero-order valence-electron chi connectivity index (χ0n) is 15.0. The number of likely N-dealkylation sites (tertiary alicyclic amines) is 1. The van der Waals surface area contributed by atoms with Crippen LogP contribution in [-0.2, 0) is 17.6 Å². The van der Waals surface area contributed by atoms with Crippen LogP contribution in [0.4, 0.5) is 13.2 Å². The van der Waals surface area contributed by atoms with Gasteiger partial charge in [-0.2, -0.15) is 13.2 Å². The maximum Gasteiger partial charge on any atom is 0.416 e. The van der Waals surface area contributed by atoms with Crippen LogP contribution in [0, 0.1) is 0 Å². The Hall–Kier alpha value is -3.04. The first kappa shape index (κ1) is 19.7. The monoisotopic (exact) mass is 397 g/mol. The summed E-state index contributed by atoms with van der Waals surface area (Å²) in [5, 5.41) is 2.76. The molecule has 3 rings (SSSR count). The molecule has 1 N–H and O–H groups in total. The van der Waals surface area contributed by atoms with Crippen molar-refractivity contribution < 1.29 is 31.9 Å². The number of hydrogen-bond acceptors (Lipinski definition) is 5. The van der Waals surface area contributed by atoms with E-state index in [2.05, 4.69) is 10.3 Å². The summed E-state index contributed by atoms with van der Waals surface area (Å²) in [5.74, 6) is -0.423. The van der Waals surface area contributed by atoms with Crippen LogP contribution in [0.15, 0.2) is 34.9 Å². The fourth-order valence-corrected chi connectivity index (χ4v) is 2.89. The van der Waals surface area contributed by atoms with Gasteiger partial charge < -0.3 is 19.4 Å². The number of oxazole rings is 1. The second kappa shape index (κ2) is 7.91. The minimum absolute atomic E-state index is 0.0126. The summed E-state index contributed by atoms with van der Waals surface area (Å²) >= 11 is 0. The van der Waals surface area contributed by atoms with Crippen molar-refractivity contribution in [1.82, 2.24) is 15.2 Å². The van der Waals surface area contributed by atoms with Crippen molar-refractivity contribution >= 4 is 11.8 Å². The molecule has 1 aromatic heterocycles. The highest BCUT2D eigenvalue weighted by Gasteiger charge is 2.31. The molecule has 0 aliphatic carbocycles. The minimum atomic E-state index is -4.47. The van der Waals surface area contributed by atoms with Gasteiger partial charge in [0.25, 0.3) is 5.91 Å². The second-order valence-corrected chi connectivity index (χ2v) is 6.38. The third-order valence-electron chi connectivity index (χ3n) is 4.18. The molecule has 1 saturated heterocycles. The van der Waals surface area contributed by atoms with Crippen LogP contribution in [0.3, 0.4) is 0 Å². The molecule has 150 valence electrons. The van der Waals surface area contributed by atoms with Gasteiger partial charge in [0.1, 0.15) is 12.0 Å². The van der Waals surface area contributed by atoms with Gasteiger partial charge in [0.15, 0.2) is 12.3 Å². The molecule has 0 saturated carbocycles. The van der Waals surface area contributed by atoms with Gasteiger partial charge in [-0.15, -0.1) is 0 Å². The first-order chi connectivity index (χ1) is 13.2. The van der Waals surface area contributed by atoms with E-state index in [1.165, 1.54) is 25.3 Å². The summed E-state index contributed by atoms with van der Waals surface area (Å²) in [6.07, 6.45) is -2.64. The third-order valence-corrected chi connectivity index (χ3v) is 4.18. The quantitative estimate of drug-likeness (QED) is 0.839. The number of alkyl halides is 3. The Balaban J connectivity index is 1.57. The Labute approximate surface area is 158 Å². The zero-order chi connectivity index (χ0) is 20.3. The topological polar surface area (TPSA) is 84.7 Å². The molecule has 10 heteroatoms. The number of amides is 2. The molecule has 0 radical (unpaired) electrons. The maximum atomic E-state index is 12.7. The van der Waals surface area contributed by atoms with Crippen molar-refractivity contribution in [2.75, 3.05) is 13.1 Å². The fourth-order valence-electron chi connectivity index (χ4n) is 2.89. The molecular formula is C18H18F3N3O4. The number of carbonyl (C=O) groups is 2. The number of nitrogens with zero attached hydrogens (tertiary/aromatic N) is 2. The molecular weight excluding hydrogens is 379 g/mol. The van der Waals surface area contributed by atoms with Gasteiger partial charge in [-0.3, -0.25) is 9.59 Å². The lowest BCUT2D eigenvalue weighted by Gasteiger charge is -2.15. The number of carbonyl (C=O) groups excluding carboxylic acids is 2. The Morgan fingerprint density at radius 1 is 1.39 bits per heavy atom. The first-order valence-electron chi connectivity index (χ1n) is 8.53. The van der Waals surface area contributed by atoms with E-state index in [0.29, 0.717) is 19.5 Å². The van der Waals surface area contributed by atoms with Crippen molar-refractivity contribution in [1.29, 1.82) is 0 Å². The molecule has 0 unspecified atom stereocenters. The van der Waals surface area contributed by atoms with Gasteiger partial charge in [0, 0.05) is 26.1 Å². The van der Waals surface area contributed by atoms with Gasteiger partial charge >= 0.3 is 6.18 Å². The number of halogens is 3. The average Bonchev–Trinajstić information content (AvgIpc) is 3.28. The number of ether oxygens (including phenoxy) is 1. The molecule has 7 nitrogen and oxygen atoms in total. The summed E-state index contributed by atoms with van der Waals surface area (Å²) < 4.78 is 48.6. The van der Waals surface area contributed by atoms with E-state index >= 15 is 0 Å². The lowest BCUT2D eigenvalue weighted by molar-refractivity contribution is -0.137. The molecule has 2 amide bonds. The molecule has 1 fully saturated rings. The Kier molecular flexibility index (Phi) is 5.57. The summed E-state index contributed by atoms with van der Waals surface area (Å²) in [4.78, 5) is 29.1. The first-order valence-corrected chi connectivity index (χ1v) is 8.53. The van der Waals surface area contributed by atoms with Crippen molar-refractivity contribution in [2.24, 2.45) is 0 Å². The van der Waals surface area contributed by atoms with Crippen molar-refractivity contribution in [3.63, 3.8) is 0 Å². The lowest BCUT2D eigenvalue weighted by Crippen LogP contribution is -2.37. The molecule has 2 aromatic rings. The smallest absolute Gasteiger partial charge is 0.416 e. The average molecular weight is 397 g/mol. The highest BCUT2D eigenvalue weighted by Crippen LogP contribution is 2.31. The highest BCUT2D eigenvalue weighted by molar-refractivity contribution is 5.92. The van der Waals surface area contributed by atoms with Crippen LogP contribution < -0.4 is 10.1 Å². The van der Waals surface area contributed by atoms with Crippen LogP contribution in [0.2, 0.25) is 0 Å². The number of aromatic nitrogens is 1. The van der Waals surface area contributed by atoms with Crippen molar-refractivity contribution in [3.05, 3.63) is 47.7 Å². The van der Waals surface area contributed by atoms with Crippen molar-refractivity contribution in [3.8, 4) is 5.75 Å². The number of hydrogen-bond donors (Lipinski definition) is 1. The molecule has 1 aromatic carbocycles. The SMILES string of the molecule is CC(=O)N[C@H]1CCN(C(=O)c2coc(COc3cccc(C(F)(F)F)c3)n2)C1. The predicted octanol–water partition coefficient (Wildman–Crippen LogP) is 2.62. The van der Waals surface area contributed by atoms with Crippen molar-refractivity contribution in [2.45, 2.75) is 32.2 Å². The normalized spacial score (nSPS) is 16.9. The number of rotatable bonds is 5. The zero-order valence-corrected chi connectivity index (χ0v) is 15.0. The number of nitrogens with one attached hydrogen (secondary N) is 1. The van der Waals surface area contributed by atoms with Gasteiger partial charge in [-0.1, -0.05) is 6.07 Å². The Morgan fingerprint density at radius 3 is 2.89 bits per heavy atom. The molecule has 1 aliphatic rings. The molecule has 0 spiro atoms. The Bertz CT molecular complexity index is 866. The third kappa shape index (κ3) is 4.81. The van der Waals surface area contributed by atoms with Gasteiger partial charge in [-0.25, -0.2) is 4.98 Å².